The maximum absolute atomic E-state index is 14.9. The van der Waals surface area contributed by atoms with Gasteiger partial charge in [0, 0.05) is 22.6 Å². The Hall–Kier alpha value is -5.24. The van der Waals surface area contributed by atoms with Gasteiger partial charge in [0.2, 0.25) is 0 Å². The molecule has 0 saturated carbocycles. The van der Waals surface area contributed by atoms with E-state index in [1.165, 1.54) is 14.2 Å². The number of hydrazone groups is 1. The quantitative estimate of drug-likeness (QED) is 0.222. The minimum atomic E-state index is -1.68. The molecule has 3 atom stereocenters. The maximum Gasteiger partial charge on any atom is 0.187 e. The Morgan fingerprint density at radius 1 is 0.767 bits per heavy atom. The number of ketones is 3. The molecule has 1 aliphatic carbocycles. The topological polar surface area (TPSA) is 94.5 Å². The number of nitrogens with zero attached hydrogens (tertiary/aromatic N) is 2. The fraction of sp³-hybridized carbons (Fsp3) is 0.200. The third kappa shape index (κ3) is 3.62. The summed E-state index contributed by atoms with van der Waals surface area (Å²) in [6.45, 7) is 0. The number of carbonyl (C=O) groups excluding carboxylic acids is 3. The highest BCUT2D eigenvalue weighted by Crippen LogP contribution is 2.65. The van der Waals surface area contributed by atoms with Crippen LogP contribution in [0.25, 0.3) is 0 Å². The van der Waals surface area contributed by atoms with Gasteiger partial charge in [0.25, 0.3) is 0 Å². The molecule has 1 spiro atoms. The van der Waals surface area contributed by atoms with Crippen LogP contribution in [0.4, 0.5) is 0 Å². The van der Waals surface area contributed by atoms with E-state index in [2.05, 4.69) is 0 Å². The van der Waals surface area contributed by atoms with Crippen LogP contribution < -0.4 is 14.2 Å². The summed E-state index contributed by atoms with van der Waals surface area (Å²) in [6, 6.07) is 24.8. The second-order valence-electron chi connectivity index (χ2n) is 10.9. The lowest BCUT2D eigenvalue weighted by Crippen LogP contribution is -2.43. The van der Waals surface area contributed by atoms with E-state index in [1.54, 1.807) is 85.1 Å². The number of ether oxygens (including phenoxy) is 3. The molecule has 2 heterocycles. The molecular formula is C35H28N2O6. The van der Waals surface area contributed by atoms with Gasteiger partial charge >= 0.3 is 0 Å². The molecule has 0 radical (unpaired) electrons. The number of hydrogen-bond acceptors (Lipinski definition) is 8. The zero-order chi connectivity index (χ0) is 29.9. The first-order valence-electron chi connectivity index (χ1n) is 14.0. The van der Waals surface area contributed by atoms with Gasteiger partial charge in [-0.15, -0.1) is 0 Å². The smallest absolute Gasteiger partial charge is 0.187 e. The fourth-order valence-electron chi connectivity index (χ4n) is 7.12. The van der Waals surface area contributed by atoms with Gasteiger partial charge in [-0.25, -0.2) is 0 Å². The highest BCUT2D eigenvalue weighted by atomic mass is 16.5. The Bertz CT molecular complexity index is 1790. The molecule has 214 valence electrons. The van der Waals surface area contributed by atoms with Crippen LogP contribution in [0, 0.1) is 5.41 Å². The maximum atomic E-state index is 14.9. The van der Waals surface area contributed by atoms with E-state index in [0.717, 1.165) is 11.1 Å². The van der Waals surface area contributed by atoms with Gasteiger partial charge in [0.15, 0.2) is 28.8 Å². The number of fused-ring (bicyclic) bond motifs is 5. The van der Waals surface area contributed by atoms with Crippen molar-refractivity contribution in [1.29, 1.82) is 0 Å². The van der Waals surface area contributed by atoms with Crippen molar-refractivity contribution in [3.63, 3.8) is 0 Å². The van der Waals surface area contributed by atoms with Gasteiger partial charge in [-0.2, -0.15) is 5.10 Å². The molecular weight excluding hydrogens is 544 g/mol. The van der Waals surface area contributed by atoms with Gasteiger partial charge in [-0.05, 0) is 53.1 Å². The predicted molar refractivity (Wildman–Crippen MR) is 160 cm³/mol. The van der Waals surface area contributed by atoms with E-state index in [1.807, 2.05) is 24.3 Å². The third-order valence-corrected chi connectivity index (χ3v) is 8.99. The molecule has 3 aliphatic rings. The van der Waals surface area contributed by atoms with Crippen LogP contribution in [0.5, 0.6) is 17.2 Å². The normalized spacial score (nSPS) is 20.9. The zero-order valence-electron chi connectivity index (χ0n) is 23.8. The van der Waals surface area contributed by atoms with E-state index in [9.17, 15) is 14.4 Å². The molecule has 8 heteroatoms. The van der Waals surface area contributed by atoms with E-state index in [-0.39, 0.29) is 17.3 Å². The van der Waals surface area contributed by atoms with Gasteiger partial charge in [0.1, 0.15) is 17.2 Å². The number of carbonyl (C=O) groups is 3. The SMILES string of the molecule is COc1ccc(C(=O)[C@H]2[C@H](c3ccc(OC)c(OC)c3)C3(C(=O)c4ccccc4C3=O)C3c4ccccc4C=NN32)cc1. The minimum Gasteiger partial charge on any atom is -0.497 e. The molecule has 1 unspecified atom stereocenters. The summed E-state index contributed by atoms with van der Waals surface area (Å²) in [4.78, 5) is 44.4. The van der Waals surface area contributed by atoms with E-state index in [0.29, 0.717) is 39.5 Å². The van der Waals surface area contributed by atoms with Crippen molar-refractivity contribution >= 4 is 23.6 Å². The Balaban J connectivity index is 1.54. The molecule has 2 aliphatic heterocycles. The molecule has 4 aromatic carbocycles. The summed E-state index contributed by atoms with van der Waals surface area (Å²) < 4.78 is 16.5. The van der Waals surface area contributed by atoms with Crippen LogP contribution in [-0.4, -0.2) is 55.9 Å². The molecule has 7 rings (SSSR count). The molecule has 0 aromatic heterocycles. The van der Waals surface area contributed by atoms with Crippen LogP contribution in [0.3, 0.4) is 0 Å². The lowest BCUT2D eigenvalue weighted by atomic mass is 9.63. The lowest BCUT2D eigenvalue weighted by Gasteiger charge is -2.36. The Morgan fingerprint density at radius 3 is 2.07 bits per heavy atom. The standard InChI is InChI=1S/C35H28N2O6/c1-41-23-15-12-20(13-16-23)31(38)30-29(21-14-17-27(42-2)28(18-21)43-3)35(33(39)25-10-6-7-11-26(25)34(35)40)32-24-9-5-4-8-22(24)19-36-37(30)32/h4-19,29-30,32H,1-3H3/t29-,30+,32?/m0/s1. The molecule has 0 amide bonds. The molecule has 1 fully saturated rings. The summed E-state index contributed by atoms with van der Waals surface area (Å²) in [5.41, 5.74) is 1.60. The minimum absolute atomic E-state index is 0.266. The second-order valence-corrected chi connectivity index (χ2v) is 10.9. The van der Waals surface area contributed by atoms with Crippen molar-refractivity contribution in [2.75, 3.05) is 21.3 Å². The number of Topliss-reactive ketones (excluding diaryl/α,β-unsaturated/α-hetero) is 3. The molecule has 0 N–H and O–H groups in total. The van der Waals surface area contributed by atoms with Crippen molar-refractivity contribution in [3.05, 3.63) is 124 Å². The number of hydrogen-bond donors (Lipinski definition) is 0. The number of rotatable bonds is 6. The fourth-order valence-corrected chi connectivity index (χ4v) is 7.12. The van der Waals surface area contributed by atoms with E-state index in [4.69, 9.17) is 19.3 Å². The van der Waals surface area contributed by atoms with Gasteiger partial charge in [-0.1, -0.05) is 54.6 Å². The van der Waals surface area contributed by atoms with Crippen molar-refractivity contribution in [3.8, 4) is 17.2 Å². The van der Waals surface area contributed by atoms with Crippen LogP contribution in [0.2, 0.25) is 0 Å². The van der Waals surface area contributed by atoms with Crippen LogP contribution in [-0.2, 0) is 0 Å². The summed E-state index contributed by atoms with van der Waals surface area (Å²) in [5, 5.41) is 6.48. The average Bonchev–Trinajstić information content (AvgIpc) is 3.50. The summed E-state index contributed by atoms with van der Waals surface area (Å²) in [7, 11) is 4.62. The summed E-state index contributed by atoms with van der Waals surface area (Å²) in [5.74, 6) is -0.297. The van der Waals surface area contributed by atoms with Gasteiger partial charge in [-0.3, -0.25) is 19.4 Å². The first-order valence-corrected chi connectivity index (χ1v) is 14.0. The predicted octanol–water partition coefficient (Wildman–Crippen LogP) is 5.52. The van der Waals surface area contributed by atoms with E-state index >= 15 is 0 Å². The highest BCUT2D eigenvalue weighted by Gasteiger charge is 2.72. The lowest BCUT2D eigenvalue weighted by molar-refractivity contribution is 0.0586. The highest BCUT2D eigenvalue weighted by molar-refractivity contribution is 6.31. The first-order chi connectivity index (χ1) is 20.9. The number of methoxy groups -OCH3 is 3. The monoisotopic (exact) mass is 572 g/mol. The Labute approximate surface area is 248 Å². The zero-order valence-corrected chi connectivity index (χ0v) is 23.8. The van der Waals surface area contributed by atoms with Crippen molar-refractivity contribution < 1.29 is 28.6 Å². The third-order valence-electron chi connectivity index (χ3n) is 8.99. The van der Waals surface area contributed by atoms with Crippen molar-refractivity contribution in [1.82, 2.24) is 5.01 Å². The van der Waals surface area contributed by atoms with Gasteiger partial charge < -0.3 is 14.2 Å². The summed E-state index contributed by atoms with van der Waals surface area (Å²) >= 11 is 0. The van der Waals surface area contributed by atoms with E-state index < -0.39 is 23.4 Å². The molecule has 8 nitrogen and oxygen atoms in total. The van der Waals surface area contributed by atoms with Crippen LogP contribution >= 0.6 is 0 Å². The molecule has 43 heavy (non-hydrogen) atoms. The van der Waals surface area contributed by atoms with Crippen molar-refractivity contribution in [2.45, 2.75) is 18.0 Å². The average molecular weight is 573 g/mol. The first kappa shape index (κ1) is 26.6. The molecule has 4 aromatic rings. The largest absolute Gasteiger partial charge is 0.497 e. The van der Waals surface area contributed by atoms with Crippen LogP contribution in [0.1, 0.15) is 59.7 Å². The number of benzene rings is 4. The Kier molecular flexibility index (Phi) is 6.16. The van der Waals surface area contributed by atoms with Crippen LogP contribution in [0.15, 0.2) is 96.1 Å². The molecule has 0 bridgehead atoms. The van der Waals surface area contributed by atoms with Gasteiger partial charge in [0.05, 0.1) is 33.6 Å². The second kappa shape index (κ2) is 9.94. The van der Waals surface area contributed by atoms with Crippen molar-refractivity contribution in [2.24, 2.45) is 10.5 Å². The molecule has 1 saturated heterocycles. The Morgan fingerprint density at radius 2 is 1.42 bits per heavy atom. The summed E-state index contributed by atoms with van der Waals surface area (Å²) in [6.07, 6.45) is 1.70.